The molecule has 0 fully saturated rings. The van der Waals surface area contributed by atoms with Crippen LogP contribution in [0.4, 0.5) is 11.4 Å². The van der Waals surface area contributed by atoms with Crippen LogP contribution in [0.1, 0.15) is 10.4 Å². The molecule has 0 aliphatic carbocycles. The highest BCUT2D eigenvalue weighted by molar-refractivity contribution is 6.33. The average Bonchev–Trinajstić information content (AvgIpc) is 2.40. The summed E-state index contributed by atoms with van der Waals surface area (Å²) in [7, 11) is 0. The number of anilines is 2. The topological polar surface area (TPSA) is 55.1 Å². The number of benzene rings is 2. The molecule has 0 saturated heterocycles. The van der Waals surface area contributed by atoms with Gasteiger partial charge in [-0.3, -0.25) is 4.79 Å². The fourth-order valence-corrected chi connectivity index (χ4v) is 1.68. The van der Waals surface area contributed by atoms with E-state index in [0.29, 0.717) is 16.3 Å². The Morgan fingerprint density at radius 1 is 1.17 bits per heavy atom. The molecule has 2 rings (SSSR count). The largest absolute Gasteiger partial charge is 0.398 e. The minimum atomic E-state index is -0.0257. The van der Waals surface area contributed by atoms with Crippen molar-refractivity contribution in [1.29, 1.82) is 0 Å². The second kappa shape index (κ2) is 5.56. The smallest absolute Gasteiger partial charge is 0.181 e. The first kappa shape index (κ1) is 12.5. The number of para-hydroxylation sites is 1. The van der Waals surface area contributed by atoms with Crippen LogP contribution in [0, 0.1) is 0 Å². The van der Waals surface area contributed by atoms with Gasteiger partial charge in [0.1, 0.15) is 0 Å². The van der Waals surface area contributed by atoms with Crippen LogP contribution in [-0.2, 0) is 0 Å². The standard InChI is InChI=1S/C14H13ClN2O/c15-12-7-6-10(8-13(12)16)14(18)9-17-11-4-2-1-3-5-11/h1-8,17H,9,16H2. The van der Waals surface area contributed by atoms with Crippen molar-refractivity contribution < 1.29 is 4.79 Å². The number of halogens is 1. The van der Waals surface area contributed by atoms with E-state index in [1.807, 2.05) is 30.3 Å². The molecule has 0 aliphatic rings. The molecule has 2 aromatic rings. The van der Waals surface area contributed by atoms with Gasteiger partial charge < -0.3 is 11.1 Å². The number of ketones is 1. The molecule has 4 heteroatoms. The number of nitrogens with two attached hydrogens (primary N) is 1. The summed E-state index contributed by atoms with van der Waals surface area (Å²) in [4.78, 5) is 11.9. The molecule has 0 saturated carbocycles. The Bertz CT molecular complexity index is 555. The van der Waals surface area contributed by atoms with E-state index < -0.39 is 0 Å². The monoisotopic (exact) mass is 260 g/mol. The van der Waals surface area contributed by atoms with Gasteiger partial charge in [0, 0.05) is 11.3 Å². The van der Waals surface area contributed by atoms with E-state index >= 15 is 0 Å². The third-order valence-corrected chi connectivity index (χ3v) is 2.89. The second-order valence-electron chi connectivity index (χ2n) is 3.88. The molecular weight excluding hydrogens is 248 g/mol. The van der Waals surface area contributed by atoms with E-state index in [-0.39, 0.29) is 12.3 Å². The van der Waals surface area contributed by atoms with E-state index in [4.69, 9.17) is 17.3 Å². The molecule has 0 aromatic heterocycles. The Labute approximate surface area is 111 Å². The van der Waals surface area contributed by atoms with Crippen LogP contribution < -0.4 is 11.1 Å². The van der Waals surface area contributed by atoms with Crippen LogP contribution in [0.25, 0.3) is 0 Å². The number of nitrogen functional groups attached to an aromatic ring is 1. The van der Waals surface area contributed by atoms with E-state index in [1.165, 1.54) is 0 Å². The van der Waals surface area contributed by atoms with E-state index in [9.17, 15) is 4.79 Å². The van der Waals surface area contributed by atoms with Gasteiger partial charge in [-0.1, -0.05) is 29.8 Å². The fraction of sp³-hybridized carbons (Fsp3) is 0.0714. The van der Waals surface area contributed by atoms with Gasteiger partial charge in [-0.15, -0.1) is 0 Å². The lowest BCUT2D eigenvalue weighted by molar-refractivity contribution is 0.101. The predicted octanol–water partition coefficient (Wildman–Crippen LogP) is 3.22. The molecule has 3 nitrogen and oxygen atoms in total. The Hall–Kier alpha value is -2.00. The quantitative estimate of drug-likeness (QED) is 0.656. The number of Topliss-reactive ketones (excluding diaryl/α,β-unsaturated/α-hetero) is 1. The zero-order valence-electron chi connectivity index (χ0n) is 9.69. The zero-order valence-corrected chi connectivity index (χ0v) is 10.4. The average molecular weight is 261 g/mol. The van der Waals surface area contributed by atoms with Crippen molar-refractivity contribution >= 4 is 28.8 Å². The molecule has 0 unspecified atom stereocenters. The van der Waals surface area contributed by atoms with Crippen molar-refractivity contribution in [3.8, 4) is 0 Å². The lowest BCUT2D eigenvalue weighted by atomic mass is 10.1. The molecule has 0 amide bonds. The summed E-state index contributed by atoms with van der Waals surface area (Å²) in [6, 6.07) is 14.5. The number of carbonyl (C=O) groups excluding carboxylic acids is 1. The molecule has 18 heavy (non-hydrogen) atoms. The number of carbonyl (C=O) groups is 1. The van der Waals surface area contributed by atoms with Crippen LogP contribution in [0.5, 0.6) is 0 Å². The van der Waals surface area contributed by atoms with Gasteiger partial charge in [-0.2, -0.15) is 0 Å². The van der Waals surface area contributed by atoms with Crippen molar-refractivity contribution in [2.24, 2.45) is 0 Å². The van der Waals surface area contributed by atoms with Crippen LogP contribution in [0.2, 0.25) is 5.02 Å². The number of hydrogen-bond acceptors (Lipinski definition) is 3. The molecule has 3 N–H and O–H groups in total. The van der Waals surface area contributed by atoms with Crippen LogP contribution in [0.3, 0.4) is 0 Å². The minimum Gasteiger partial charge on any atom is -0.398 e. The van der Waals surface area contributed by atoms with Crippen molar-refractivity contribution in [2.75, 3.05) is 17.6 Å². The summed E-state index contributed by atoms with van der Waals surface area (Å²) < 4.78 is 0. The second-order valence-corrected chi connectivity index (χ2v) is 4.29. The van der Waals surface area contributed by atoms with E-state index in [2.05, 4.69) is 5.32 Å². The number of rotatable bonds is 4. The lowest BCUT2D eigenvalue weighted by Crippen LogP contribution is -2.14. The summed E-state index contributed by atoms with van der Waals surface area (Å²) in [5.74, 6) is -0.0257. The van der Waals surface area contributed by atoms with Crippen molar-refractivity contribution in [3.63, 3.8) is 0 Å². The summed E-state index contributed by atoms with van der Waals surface area (Å²) in [5.41, 5.74) is 7.55. The summed E-state index contributed by atoms with van der Waals surface area (Å²) in [6.45, 7) is 0.227. The highest BCUT2D eigenvalue weighted by atomic mass is 35.5. The van der Waals surface area contributed by atoms with Gasteiger partial charge in [0.15, 0.2) is 5.78 Å². The molecule has 0 bridgehead atoms. The molecule has 0 aliphatic heterocycles. The van der Waals surface area contributed by atoms with Crippen LogP contribution >= 0.6 is 11.6 Å². The first-order chi connectivity index (χ1) is 8.66. The first-order valence-electron chi connectivity index (χ1n) is 5.54. The number of hydrogen-bond donors (Lipinski definition) is 2. The summed E-state index contributed by atoms with van der Waals surface area (Å²) in [5, 5.41) is 3.51. The molecule has 0 radical (unpaired) electrons. The molecule has 92 valence electrons. The van der Waals surface area contributed by atoms with Gasteiger partial charge in [0.05, 0.1) is 17.3 Å². The number of nitrogens with one attached hydrogen (secondary N) is 1. The van der Waals surface area contributed by atoms with Crippen molar-refractivity contribution in [3.05, 3.63) is 59.1 Å². The van der Waals surface area contributed by atoms with E-state index in [1.54, 1.807) is 18.2 Å². The third kappa shape index (κ3) is 3.02. The molecule has 0 spiro atoms. The molecule has 2 aromatic carbocycles. The Morgan fingerprint density at radius 2 is 1.89 bits per heavy atom. The summed E-state index contributed by atoms with van der Waals surface area (Å²) >= 11 is 5.81. The Morgan fingerprint density at radius 3 is 2.56 bits per heavy atom. The maximum atomic E-state index is 11.9. The van der Waals surface area contributed by atoms with Crippen LogP contribution in [0.15, 0.2) is 48.5 Å². The van der Waals surface area contributed by atoms with Crippen molar-refractivity contribution in [2.45, 2.75) is 0 Å². The highest BCUT2D eigenvalue weighted by Crippen LogP contribution is 2.19. The minimum absolute atomic E-state index is 0.0257. The fourth-order valence-electron chi connectivity index (χ4n) is 1.56. The van der Waals surface area contributed by atoms with Gasteiger partial charge in [-0.05, 0) is 30.3 Å². The normalized spacial score (nSPS) is 10.1. The SMILES string of the molecule is Nc1cc(C(=O)CNc2ccccc2)ccc1Cl. The molecular formula is C14H13ClN2O. The maximum Gasteiger partial charge on any atom is 0.181 e. The Balaban J connectivity index is 2.02. The third-order valence-electron chi connectivity index (χ3n) is 2.54. The van der Waals surface area contributed by atoms with Crippen molar-refractivity contribution in [1.82, 2.24) is 0 Å². The molecule has 0 atom stereocenters. The van der Waals surface area contributed by atoms with E-state index in [0.717, 1.165) is 5.69 Å². The van der Waals surface area contributed by atoms with Crippen LogP contribution in [-0.4, -0.2) is 12.3 Å². The van der Waals surface area contributed by atoms with Gasteiger partial charge in [0.2, 0.25) is 0 Å². The Kier molecular flexibility index (Phi) is 3.85. The maximum absolute atomic E-state index is 11.9. The van der Waals surface area contributed by atoms with Gasteiger partial charge >= 0.3 is 0 Å². The predicted molar refractivity (Wildman–Crippen MR) is 75.1 cm³/mol. The van der Waals surface area contributed by atoms with Gasteiger partial charge in [0.25, 0.3) is 0 Å². The first-order valence-corrected chi connectivity index (χ1v) is 5.92. The summed E-state index contributed by atoms with van der Waals surface area (Å²) in [6.07, 6.45) is 0. The molecule has 0 heterocycles. The highest BCUT2D eigenvalue weighted by Gasteiger charge is 2.07. The lowest BCUT2D eigenvalue weighted by Gasteiger charge is -2.06. The van der Waals surface area contributed by atoms with Gasteiger partial charge in [-0.25, -0.2) is 0 Å². The zero-order chi connectivity index (χ0) is 13.0.